The molecule has 12 atom stereocenters. The summed E-state index contributed by atoms with van der Waals surface area (Å²) in [5, 5.41) is 49.2. The Kier molecular flexibility index (Phi) is 10.0. The summed E-state index contributed by atoms with van der Waals surface area (Å²) in [5.74, 6) is 0. The van der Waals surface area contributed by atoms with Gasteiger partial charge in [-0.15, -0.1) is 0 Å². The molecule has 2 aliphatic rings. The van der Waals surface area contributed by atoms with Crippen molar-refractivity contribution in [3.05, 3.63) is 33.1 Å². The van der Waals surface area contributed by atoms with E-state index in [1.54, 1.807) is 0 Å². The van der Waals surface area contributed by atoms with Gasteiger partial charge in [0.1, 0.15) is 36.6 Å². The van der Waals surface area contributed by atoms with Gasteiger partial charge in [-0.05, 0) is 18.7 Å². The molecule has 0 radical (unpaired) electrons. The molecule has 3 rings (SSSR count). The maximum Gasteiger partial charge on any atom is 0.481 e. The van der Waals surface area contributed by atoms with E-state index in [4.69, 9.17) is 24.8 Å². The van der Waals surface area contributed by atoms with Crippen molar-refractivity contribution in [1.29, 1.82) is 0 Å². The number of ether oxygens (including phenoxy) is 2. The van der Waals surface area contributed by atoms with Gasteiger partial charge in [0.05, 0.1) is 18.8 Å². The molecule has 0 aromatic carbocycles. The highest BCUT2D eigenvalue weighted by Gasteiger charge is 2.53. The molecule has 2 saturated heterocycles. The van der Waals surface area contributed by atoms with Gasteiger partial charge in [-0.1, -0.05) is 0 Å². The first kappa shape index (κ1) is 32.5. The number of H-pyrrole nitrogens is 1. The van der Waals surface area contributed by atoms with Crippen LogP contribution in [0.5, 0.6) is 0 Å². The number of aliphatic hydroxyl groups is 5. The molecule has 2 fully saturated rings. The third-order valence-electron chi connectivity index (χ3n) is 5.91. The fraction of sp³-hybridized carbons (Fsp3) is 0.765. The quantitative estimate of drug-likeness (QED) is 0.112. The first-order chi connectivity index (χ1) is 17.9. The average molecular weight is 627 g/mol. The van der Waals surface area contributed by atoms with Crippen LogP contribution >= 0.6 is 14.5 Å². The lowest BCUT2D eigenvalue weighted by Crippen LogP contribution is -2.60. The highest BCUT2D eigenvalue weighted by Crippen LogP contribution is 2.61. The number of aliphatic hydroxyl groups excluding tert-OH is 5. The van der Waals surface area contributed by atoms with Crippen molar-refractivity contribution >= 4 is 26.3 Å². The Hall–Kier alpha value is -1.03. The Bertz CT molecular complexity index is 1230. The molecule has 1 aromatic heterocycles. The molecule has 7 unspecified atom stereocenters. The second-order valence-electron chi connectivity index (χ2n) is 8.91. The minimum Gasteiger partial charge on any atom is -0.393 e. The second kappa shape index (κ2) is 12.1. The second-order valence-corrected chi connectivity index (χ2v) is 13.3. The van der Waals surface area contributed by atoms with Gasteiger partial charge in [0.25, 0.3) is 5.56 Å². The number of alkyl halides is 1. The van der Waals surface area contributed by atoms with Crippen molar-refractivity contribution in [3.8, 4) is 0 Å². The van der Waals surface area contributed by atoms with Crippen LogP contribution in [-0.2, 0) is 39.2 Å². The van der Waals surface area contributed by atoms with Crippen LogP contribution in [0.1, 0.15) is 13.2 Å². The van der Waals surface area contributed by atoms with Gasteiger partial charge in [-0.3, -0.25) is 18.9 Å². The van der Waals surface area contributed by atoms with E-state index >= 15 is 0 Å². The third-order valence-corrected chi connectivity index (χ3v) is 9.43. The van der Waals surface area contributed by atoms with E-state index < -0.39 is 99.9 Å². The summed E-state index contributed by atoms with van der Waals surface area (Å²) in [6.45, 7) is -5.38. The molecular formula is C17H28FN3O15P2S. The first-order valence-corrected chi connectivity index (χ1v) is 15.1. The van der Waals surface area contributed by atoms with Crippen LogP contribution in [0, 0.1) is 0 Å². The predicted molar refractivity (Wildman–Crippen MR) is 127 cm³/mol. The predicted octanol–water partition coefficient (Wildman–Crippen LogP) is -3.98. The maximum atomic E-state index is 13.9. The molecule has 0 aliphatic carbocycles. The van der Waals surface area contributed by atoms with E-state index in [2.05, 4.69) is 20.6 Å². The largest absolute Gasteiger partial charge is 0.481 e. The number of aromatic amines is 1. The minimum atomic E-state index is -5.50. The van der Waals surface area contributed by atoms with E-state index in [-0.39, 0.29) is 0 Å². The van der Waals surface area contributed by atoms with Crippen molar-refractivity contribution in [2.24, 2.45) is 5.73 Å². The standard InChI is InChI=1S/C17H28FN3O15P2S/c1-17(19)13(27)7(33-15(17)21-3-2-8(23)20-16(21)28)5-32-38(31,39)36-37(29,30)35-14-11(26)9(24)10(25)12(34-14)6(18)4-22/h2-3,6-7,9-15,22,24-27H,4-5,19H2,1H3,(H,29,30)(H,31,39)(H,20,23,28)/t6-,7+,9?,10?,11?,12?,13+,14?,15+,17+,38?/m0/s1. The number of rotatable bonds is 10. The third kappa shape index (κ3) is 7.25. The Morgan fingerprint density at radius 1 is 1.23 bits per heavy atom. The van der Waals surface area contributed by atoms with Crippen LogP contribution in [-0.4, -0.2) is 113 Å². The molecule has 224 valence electrons. The van der Waals surface area contributed by atoms with Crippen molar-refractivity contribution in [2.45, 2.75) is 67.8 Å². The number of phosphoric acid groups is 1. The molecule has 0 spiro atoms. The summed E-state index contributed by atoms with van der Waals surface area (Å²) in [4.78, 5) is 45.7. The summed E-state index contributed by atoms with van der Waals surface area (Å²) in [6.07, 6.45) is -16.2. The van der Waals surface area contributed by atoms with Crippen LogP contribution < -0.4 is 17.0 Å². The van der Waals surface area contributed by atoms with Crippen molar-refractivity contribution in [2.75, 3.05) is 13.2 Å². The molecule has 0 amide bonds. The SMILES string of the molecule is C[C@@]1(N)[C@H](O)[C@@H](COP(O)(=S)OP(=O)(O)OC2OC([C@@H](F)CO)C(O)C(O)C2O)O[C@H]1n1ccc(=O)[nH]c1=O. The van der Waals surface area contributed by atoms with Crippen LogP contribution in [0.2, 0.25) is 0 Å². The van der Waals surface area contributed by atoms with E-state index in [1.807, 2.05) is 4.98 Å². The topological polar surface area (TPSA) is 286 Å². The monoisotopic (exact) mass is 627 g/mol. The molecular weight excluding hydrogens is 599 g/mol. The lowest BCUT2D eigenvalue weighted by Gasteiger charge is -2.41. The van der Waals surface area contributed by atoms with Crippen molar-refractivity contribution < 1.29 is 67.1 Å². The van der Waals surface area contributed by atoms with Gasteiger partial charge in [-0.25, -0.2) is 18.1 Å². The number of hydrogen-bond donors (Lipinski definition) is 9. The number of nitrogens with one attached hydrogen (secondary N) is 1. The molecule has 0 bridgehead atoms. The number of hydrogen-bond acceptors (Lipinski definition) is 15. The van der Waals surface area contributed by atoms with Crippen LogP contribution in [0.15, 0.2) is 21.9 Å². The van der Waals surface area contributed by atoms with E-state index in [0.717, 1.165) is 16.8 Å². The molecule has 22 heteroatoms. The smallest absolute Gasteiger partial charge is 0.393 e. The first-order valence-electron chi connectivity index (χ1n) is 11.0. The maximum absolute atomic E-state index is 13.9. The Labute approximate surface area is 223 Å². The fourth-order valence-electron chi connectivity index (χ4n) is 3.88. The van der Waals surface area contributed by atoms with Gasteiger partial charge < -0.3 is 55.1 Å². The van der Waals surface area contributed by atoms with Crippen molar-refractivity contribution in [1.82, 2.24) is 9.55 Å². The highest BCUT2D eigenvalue weighted by atomic mass is 32.5. The fourth-order valence-corrected chi connectivity index (χ4v) is 6.98. The van der Waals surface area contributed by atoms with Crippen LogP contribution in [0.3, 0.4) is 0 Å². The van der Waals surface area contributed by atoms with Gasteiger partial charge >= 0.3 is 20.2 Å². The number of phosphoric ester groups is 1. The molecule has 18 nitrogen and oxygen atoms in total. The Morgan fingerprint density at radius 2 is 1.87 bits per heavy atom. The van der Waals surface area contributed by atoms with Crippen molar-refractivity contribution in [3.63, 3.8) is 0 Å². The zero-order valence-corrected chi connectivity index (χ0v) is 22.5. The number of nitrogens with two attached hydrogens (primary N) is 1. The molecule has 0 saturated carbocycles. The lowest BCUT2D eigenvalue weighted by atomic mass is 9.93. The number of halogens is 1. The van der Waals surface area contributed by atoms with E-state index in [0.29, 0.717) is 0 Å². The molecule has 39 heavy (non-hydrogen) atoms. The highest BCUT2D eigenvalue weighted by molar-refractivity contribution is 8.08. The summed E-state index contributed by atoms with van der Waals surface area (Å²) in [7, 11) is -5.50. The normalized spacial score (nSPS) is 39.1. The molecule has 10 N–H and O–H groups in total. The summed E-state index contributed by atoms with van der Waals surface area (Å²) in [5.41, 5.74) is 2.84. The molecule has 3 heterocycles. The zero-order valence-electron chi connectivity index (χ0n) is 19.9. The van der Waals surface area contributed by atoms with Crippen LogP contribution in [0.25, 0.3) is 0 Å². The summed E-state index contributed by atoms with van der Waals surface area (Å²) in [6, 6.07) is 1.00. The van der Waals surface area contributed by atoms with Gasteiger partial charge in [-0.2, -0.15) is 0 Å². The average Bonchev–Trinajstić information content (AvgIpc) is 3.05. The van der Waals surface area contributed by atoms with Gasteiger partial charge in [0.2, 0.25) is 0 Å². The van der Waals surface area contributed by atoms with Gasteiger partial charge in [0.15, 0.2) is 18.7 Å². The molecule has 2 aliphatic heterocycles. The zero-order chi connectivity index (χ0) is 29.5. The van der Waals surface area contributed by atoms with Gasteiger partial charge in [0, 0.05) is 12.3 Å². The number of nitrogens with zero attached hydrogens (tertiary/aromatic N) is 1. The van der Waals surface area contributed by atoms with E-state index in [9.17, 15) is 48.8 Å². The van der Waals surface area contributed by atoms with Crippen LogP contribution in [0.4, 0.5) is 4.39 Å². The Balaban J connectivity index is 1.66. The van der Waals surface area contributed by atoms with E-state index in [1.165, 1.54) is 6.92 Å². The minimum absolute atomic E-state index is 0.701. The molecule has 1 aromatic rings. The number of aromatic nitrogens is 2. The lowest BCUT2D eigenvalue weighted by molar-refractivity contribution is -0.287. The summed E-state index contributed by atoms with van der Waals surface area (Å²) >= 11 is 4.66. The summed E-state index contributed by atoms with van der Waals surface area (Å²) < 4.78 is 51.5. The Morgan fingerprint density at radius 3 is 2.46 bits per heavy atom.